The van der Waals surface area contributed by atoms with Gasteiger partial charge in [0.2, 0.25) is 0 Å². The highest BCUT2D eigenvalue weighted by Crippen LogP contribution is 2.33. The number of likely N-dealkylation sites (tertiary alicyclic amines) is 2. The van der Waals surface area contributed by atoms with Gasteiger partial charge in [-0.3, -0.25) is 4.79 Å². The maximum absolute atomic E-state index is 13.2. The molecule has 0 spiro atoms. The first-order valence-corrected chi connectivity index (χ1v) is 11.3. The number of piperidine rings is 1. The summed E-state index contributed by atoms with van der Waals surface area (Å²) in [5.41, 5.74) is 0.0505. The zero-order valence-corrected chi connectivity index (χ0v) is 18.9. The highest BCUT2D eigenvalue weighted by Gasteiger charge is 2.33. The average Bonchev–Trinajstić information content (AvgIpc) is 3.35. The van der Waals surface area contributed by atoms with E-state index in [1.165, 1.54) is 18.9 Å². The van der Waals surface area contributed by atoms with Gasteiger partial charge in [-0.05, 0) is 73.5 Å². The zero-order chi connectivity index (χ0) is 21.5. The summed E-state index contributed by atoms with van der Waals surface area (Å²) in [5, 5.41) is 0. The van der Waals surface area contributed by atoms with Gasteiger partial charge in [-0.2, -0.15) is 13.2 Å². The largest absolute Gasteiger partial charge is 0.416 e. The molecule has 1 aromatic carbocycles. The second-order valence-electron chi connectivity index (χ2n) is 7.98. The lowest BCUT2D eigenvalue weighted by molar-refractivity contribution is -0.137. The summed E-state index contributed by atoms with van der Waals surface area (Å²) >= 11 is 1.99. The van der Waals surface area contributed by atoms with Gasteiger partial charge in [0.1, 0.15) is 15.2 Å². The van der Waals surface area contributed by atoms with Crippen LogP contribution >= 0.6 is 22.6 Å². The van der Waals surface area contributed by atoms with Crippen LogP contribution in [-0.2, 0) is 13.2 Å². The van der Waals surface area contributed by atoms with Crippen LogP contribution in [0.3, 0.4) is 0 Å². The molecule has 9 heteroatoms. The van der Waals surface area contributed by atoms with Crippen molar-refractivity contribution in [3.63, 3.8) is 0 Å². The van der Waals surface area contributed by atoms with Crippen molar-refractivity contribution < 1.29 is 18.0 Å². The Balaban J connectivity index is 1.53. The van der Waals surface area contributed by atoms with Crippen LogP contribution in [0.5, 0.6) is 0 Å². The highest BCUT2D eigenvalue weighted by atomic mass is 127. The van der Waals surface area contributed by atoms with Crippen LogP contribution in [-0.4, -0.2) is 57.5 Å². The number of benzene rings is 1. The molecule has 0 aliphatic carbocycles. The van der Waals surface area contributed by atoms with E-state index < -0.39 is 11.7 Å². The second kappa shape index (κ2) is 8.49. The molecule has 0 atom stereocenters. The number of carbonyl (C=O) groups excluding carboxylic acids is 1. The van der Waals surface area contributed by atoms with Gasteiger partial charge in [0.25, 0.3) is 5.91 Å². The molecule has 2 aliphatic heterocycles. The SMILES string of the molecule is Cn1c(-c2cccc(C(F)(F)F)c2)nc(I)c1C(=O)N1CCC(N2CCCC2)CC1. The predicted molar refractivity (Wildman–Crippen MR) is 116 cm³/mol. The smallest absolute Gasteiger partial charge is 0.337 e. The van der Waals surface area contributed by atoms with Crippen LogP contribution in [0.4, 0.5) is 13.2 Å². The van der Waals surface area contributed by atoms with Crippen LogP contribution in [0, 0.1) is 3.70 Å². The molecule has 30 heavy (non-hydrogen) atoms. The summed E-state index contributed by atoms with van der Waals surface area (Å²) in [6, 6.07) is 5.61. The van der Waals surface area contributed by atoms with E-state index in [0.717, 1.165) is 38.1 Å². The van der Waals surface area contributed by atoms with Gasteiger partial charge >= 0.3 is 6.18 Å². The monoisotopic (exact) mass is 532 g/mol. The maximum atomic E-state index is 13.2. The van der Waals surface area contributed by atoms with E-state index in [1.54, 1.807) is 17.7 Å². The number of imidazole rings is 1. The Hall–Kier alpha value is -1.62. The fraction of sp³-hybridized carbons (Fsp3) is 0.524. The molecule has 0 saturated carbocycles. The molecule has 0 bridgehead atoms. The van der Waals surface area contributed by atoms with E-state index in [-0.39, 0.29) is 5.91 Å². The van der Waals surface area contributed by atoms with Gasteiger partial charge in [-0.25, -0.2) is 4.98 Å². The minimum atomic E-state index is -4.42. The standard InChI is InChI=1S/C21H24F3IN4O/c1-27-17(20(30)29-11-7-16(8-12-29)28-9-2-3-10-28)18(25)26-19(27)14-5-4-6-15(13-14)21(22,23)24/h4-6,13,16H,2-3,7-12H2,1H3. The lowest BCUT2D eigenvalue weighted by Gasteiger charge is -2.36. The fourth-order valence-corrected chi connectivity index (χ4v) is 5.30. The van der Waals surface area contributed by atoms with Crippen molar-refractivity contribution in [3.8, 4) is 11.4 Å². The van der Waals surface area contributed by atoms with Crippen LogP contribution in [0.25, 0.3) is 11.4 Å². The van der Waals surface area contributed by atoms with Gasteiger partial charge in [0.05, 0.1) is 5.56 Å². The van der Waals surface area contributed by atoms with Crippen LogP contribution < -0.4 is 0 Å². The van der Waals surface area contributed by atoms with Crippen LogP contribution in [0.1, 0.15) is 41.7 Å². The highest BCUT2D eigenvalue weighted by molar-refractivity contribution is 14.1. The third kappa shape index (κ3) is 4.23. The Kier molecular flexibility index (Phi) is 6.11. The first kappa shape index (κ1) is 21.6. The maximum Gasteiger partial charge on any atom is 0.416 e. The van der Waals surface area contributed by atoms with Crippen LogP contribution in [0.2, 0.25) is 0 Å². The van der Waals surface area contributed by atoms with Gasteiger partial charge < -0.3 is 14.4 Å². The molecule has 0 unspecified atom stereocenters. The van der Waals surface area contributed by atoms with Gasteiger partial charge in [0.15, 0.2) is 0 Å². The van der Waals surface area contributed by atoms with Crippen molar-refractivity contribution >= 4 is 28.5 Å². The minimum Gasteiger partial charge on any atom is -0.337 e. The minimum absolute atomic E-state index is 0.104. The van der Waals surface area contributed by atoms with Gasteiger partial charge in [0, 0.05) is 31.7 Å². The summed E-state index contributed by atoms with van der Waals surface area (Å²) in [5.74, 6) is 0.258. The van der Waals surface area contributed by atoms with Crippen LogP contribution in [0.15, 0.2) is 24.3 Å². The number of amides is 1. The average molecular weight is 532 g/mol. The molecule has 0 radical (unpaired) electrons. The lowest BCUT2D eigenvalue weighted by atomic mass is 10.0. The molecular weight excluding hydrogens is 508 g/mol. The Morgan fingerprint density at radius 2 is 1.80 bits per heavy atom. The Bertz CT molecular complexity index is 929. The summed E-state index contributed by atoms with van der Waals surface area (Å²) < 4.78 is 41.4. The zero-order valence-electron chi connectivity index (χ0n) is 16.8. The number of halogens is 4. The van der Waals surface area contributed by atoms with E-state index in [1.807, 2.05) is 27.5 Å². The van der Waals surface area contributed by atoms with Crippen molar-refractivity contribution in [2.75, 3.05) is 26.2 Å². The Morgan fingerprint density at radius 3 is 2.43 bits per heavy atom. The van der Waals surface area contributed by atoms with E-state index in [4.69, 9.17) is 0 Å². The molecule has 5 nitrogen and oxygen atoms in total. The molecule has 3 heterocycles. The van der Waals surface area contributed by atoms with E-state index in [0.29, 0.717) is 39.9 Å². The number of hydrogen-bond donors (Lipinski definition) is 0. The van der Waals surface area contributed by atoms with E-state index in [2.05, 4.69) is 9.88 Å². The van der Waals surface area contributed by atoms with Crippen molar-refractivity contribution in [2.24, 2.45) is 7.05 Å². The Morgan fingerprint density at radius 1 is 1.13 bits per heavy atom. The summed E-state index contributed by atoms with van der Waals surface area (Å²) in [7, 11) is 1.69. The molecule has 1 aromatic heterocycles. The molecule has 162 valence electrons. The first-order chi connectivity index (χ1) is 14.3. The van der Waals surface area contributed by atoms with Crippen molar-refractivity contribution in [2.45, 2.75) is 37.9 Å². The third-order valence-electron chi connectivity index (χ3n) is 6.11. The number of rotatable bonds is 3. The number of aromatic nitrogens is 2. The quantitative estimate of drug-likeness (QED) is 0.551. The van der Waals surface area contributed by atoms with Crippen molar-refractivity contribution in [1.29, 1.82) is 0 Å². The van der Waals surface area contributed by atoms with E-state index >= 15 is 0 Å². The summed E-state index contributed by atoms with van der Waals surface area (Å²) in [4.78, 5) is 22.0. The molecule has 1 amide bonds. The molecule has 2 fully saturated rings. The number of alkyl halides is 3. The number of nitrogens with zero attached hydrogens (tertiary/aromatic N) is 4. The molecular formula is C21H24F3IN4O. The van der Waals surface area contributed by atoms with Gasteiger partial charge in [-0.15, -0.1) is 0 Å². The molecule has 0 N–H and O–H groups in total. The Labute approximate surface area is 187 Å². The number of hydrogen-bond acceptors (Lipinski definition) is 3. The topological polar surface area (TPSA) is 41.4 Å². The molecule has 2 saturated heterocycles. The second-order valence-corrected chi connectivity index (χ2v) is 9.00. The van der Waals surface area contributed by atoms with Crippen molar-refractivity contribution in [3.05, 3.63) is 39.2 Å². The first-order valence-electron chi connectivity index (χ1n) is 10.2. The third-order valence-corrected chi connectivity index (χ3v) is 6.86. The molecule has 2 aromatic rings. The predicted octanol–water partition coefficient (Wildman–Crippen LogP) is 4.41. The van der Waals surface area contributed by atoms with Crippen molar-refractivity contribution in [1.82, 2.24) is 19.4 Å². The molecule has 4 rings (SSSR count). The van der Waals surface area contributed by atoms with Gasteiger partial charge in [-0.1, -0.05) is 12.1 Å². The number of carbonyl (C=O) groups is 1. The normalized spacial score (nSPS) is 18.9. The summed E-state index contributed by atoms with van der Waals surface area (Å²) in [6.45, 7) is 3.69. The summed E-state index contributed by atoms with van der Waals surface area (Å²) in [6.07, 6.45) is 0.00330. The lowest BCUT2D eigenvalue weighted by Crippen LogP contribution is -2.46. The fourth-order valence-electron chi connectivity index (χ4n) is 4.48. The van der Waals surface area contributed by atoms with E-state index in [9.17, 15) is 18.0 Å². The molecule has 2 aliphatic rings.